The number of carbonyl (C=O) groups excluding carboxylic acids is 4. The first-order valence-corrected chi connectivity index (χ1v) is 17.2. The number of rotatable bonds is 22. The fourth-order valence-corrected chi connectivity index (χ4v) is 2.88. The van der Waals surface area contributed by atoms with Crippen molar-refractivity contribution in [1.82, 2.24) is 0 Å². The molecule has 0 aliphatic rings. The van der Waals surface area contributed by atoms with Crippen LogP contribution in [0.1, 0.15) is 68.2 Å². The van der Waals surface area contributed by atoms with E-state index >= 15 is 0 Å². The summed E-state index contributed by atoms with van der Waals surface area (Å²) in [6, 6.07) is 0. The van der Waals surface area contributed by atoms with Crippen molar-refractivity contribution in [3.8, 4) is 0 Å². The lowest BCUT2D eigenvalue weighted by Crippen LogP contribution is -2.33. The van der Waals surface area contributed by atoms with Crippen molar-refractivity contribution in [3.63, 3.8) is 0 Å². The van der Waals surface area contributed by atoms with E-state index in [1.54, 1.807) is 21.0 Å². The number of hydrogen-bond acceptors (Lipinski definition) is 12. The van der Waals surface area contributed by atoms with Crippen LogP contribution in [0.3, 0.4) is 0 Å². The van der Waals surface area contributed by atoms with Gasteiger partial charge in [0.15, 0.2) is 12.2 Å². The van der Waals surface area contributed by atoms with E-state index < -0.39 is 54.5 Å². The molecule has 12 nitrogen and oxygen atoms in total. The maximum Gasteiger partial charge on any atom is 0.414 e. The summed E-state index contributed by atoms with van der Waals surface area (Å²) in [7, 11) is 1.55. The summed E-state index contributed by atoms with van der Waals surface area (Å²) in [5.41, 5.74) is 1.07. The molecule has 0 saturated carbocycles. The Labute approximate surface area is 329 Å². The molecule has 0 saturated heterocycles. The highest BCUT2D eigenvalue weighted by molar-refractivity contribution is 5.88. The van der Waals surface area contributed by atoms with Crippen LogP contribution < -0.4 is 0 Å². The van der Waals surface area contributed by atoms with Gasteiger partial charge in [0.2, 0.25) is 0 Å². The highest BCUT2D eigenvalue weighted by Gasteiger charge is 2.39. The average Bonchev–Trinajstić information content (AvgIpc) is 3.08. The van der Waals surface area contributed by atoms with E-state index in [9.17, 15) is 54.3 Å². The summed E-state index contributed by atoms with van der Waals surface area (Å²) < 4.78 is 135. The second-order valence-electron chi connectivity index (χ2n) is 11.7. The lowest BCUT2D eigenvalue weighted by molar-refractivity contribution is -0.223. The molecule has 57 heavy (non-hydrogen) atoms. The quantitative estimate of drug-likeness (QED) is 0.0345. The minimum Gasteiger partial charge on any atom is -0.460 e. The van der Waals surface area contributed by atoms with Crippen LogP contribution in [0.25, 0.3) is 0 Å². The van der Waals surface area contributed by atoms with Gasteiger partial charge in [0.1, 0.15) is 32.5 Å². The molecule has 0 fully saturated rings. The van der Waals surface area contributed by atoms with Crippen LogP contribution in [-0.2, 0) is 57.1 Å². The van der Waals surface area contributed by atoms with Crippen molar-refractivity contribution in [1.29, 1.82) is 0 Å². The molecule has 0 aromatic carbocycles. The van der Waals surface area contributed by atoms with Gasteiger partial charge >= 0.3 is 36.2 Å². The molecule has 3 unspecified atom stereocenters. The van der Waals surface area contributed by atoms with Crippen molar-refractivity contribution < 1.29 is 92.2 Å². The predicted octanol–water partition coefficient (Wildman–Crippen LogP) is 7.84. The van der Waals surface area contributed by atoms with Crippen LogP contribution in [0.4, 0.5) is 35.1 Å². The minimum absolute atomic E-state index is 0.0407. The van der Waals surface area contributed by atoms with Crippen LogP contribution in [0.5, 0.6) is 0 Å². The lowest BCUT2D eigenvalue weighted by atomic mass is 10.1. The molecular weight excluding hydrogens is 788 g/mol. The van der Waals surface area contributed by atoms with Crippen LogP contribution in [0, 0.1) is 0 Å². The summed E-state index contributed by atoms with van der Waals surface area (Å²) in [5.74, 6) is -5.06. The van der Waals surface area contributed by atoms with E-state index in [1.165, 1.54) is 27.7 Å². The smallest absolute Gasteiger partial charge is 0.414 e. The Morgan fingerprint density at radius 1 is 0.491 bits per heavy atom. The Morgan fingerprint density at radius 2 is 0.772 bits per heavy atom. The van der Waals surface area contributed by atoms with Gasteiger partial charge in [-0.15, -0.1) is 0 Å². The fourth-order valence-electron chi connectivity index (χ4n) is 2.88. The number of methoxy groups -OCH3 is 1. The molecule has 0 rings (SSSR count). The highest BCUT2D eigenvalue weighted by atomic mass is 19.4. The zero-order valence-electron chi connectivity index (χ0n) is 34.1. The van der Waals surface area contributed by atoms with Gasteiger partial charge in [0.25, 0.3) is 5.92 Å². The summed E-state index contributed by atoms with van der Waals surface area (Å²) >= 11 is 0. The molecule has 0 N–H and O–H groups in total. The van der Waals surface area contributed by atoms with E-state index in [1.807, 2.05) is 0 Å². The molecule has 0 aliphatic carbocycles. The molecule has 334 valence electrons. The first-order valence-electron chi connectivity index (χ1n) is 17.2. The number of ether oxygens (including phenoxy) is 8. The summed E-state index contributed by atoms with van der Waals surface area (Å²) in [6.07, 6.45) is -13.5. The Kier molecular flexibility index (Phi) is 33.7. The number of carbonyl (C=O) groups is 4. The standard InChI is InChI=1S/C11H18F2O3.C10H15F3O3.C9H13F3O3.C7H12O3/c1-5-9(11(4,12)13)15-6-7-16-10(14)8(2)3;1-4-8(10(11,12)13)15-5-6-16-9(14)7(2)3;1-6(2)8(13)15-5-4-14-7(3)9(10,11)12;1-6(2)7(8)10-5-4-9-3/h9H,2,5-7H2,1,3-4H3;8H,2,4-6H2,1,3H3;7H,1,4-5H2,2-3H3;1,4-5H2,2-3H3. The largest absolute Gasteiger partial charge is 0.460 e. The Bertz CT molecular complexity index is 1180. The number of hydrogen-bond donors (Lipinski definition) is 0. The van der Waals surface area contributed by atoms with Gasteiger partial charge in [-0.25, -0.2) is 28.0 Å². The van der Waals surface area contributed by atoms with Crippen LogP contribution in [0.15, 0.2) is 48.6 Å². The van der Waals surface area contributed by atoms with E-state index in [4.69, 9.17) is 9.47 Å². The average molecular weight is 847 g/mol. The van der Waals surface area contributed by atoms with Crippen molar-refractivity contribution in [3.05, 3.63) is 48.6 Å². The van der Waals surface area contributed by atoms with Gasteiger partial charge in [0.05, 0.1) is 26.4 Å². The first-order chi connectivity index (χ1) is 26.0. The topological polar surface area (TPSA) is 142 Å². The van der Waals surface area contributed by atoms with Gasteiger partial charge in [-0.1, -0.05) is 40.2 Å². The molecule has 0 aromatic heterocycles. The predicted molar refractivity (Wildman–Crippen MR) is 193 cm³/mol. The molecule has 3 atom stereocenters. The van der Waals surface area contributed by atoms with Crippen molar-refractivity contribution in [2.75, 3.05) is 60.0 Å². The lowest BCUT2D eigenvalue weighted by Gasteiger charge is -2.22. The Balaban J connectivity index is -0.000000333. The zero-order valence-corrected chi connectivity index (χ0v) is 34.1. The van der Waals surface area contributed by atoms with Crippen LogP contribution in [0.2, 0.25) is 0 Å². The number of halogens is 8. The van der Waals surface area contributed by atoms with Crippen molar-refractivity contribution in [2.45, 2.75) is 105 Å². The third kappa shape index (κ3) is 36.2. The second kappa shape index (κ2) is 32.1. The van der Waals surface area contributed by atoms with E-state index in [0.717, 1.165) is 13.8 Å². The minimum atomic E-state index is -4.39. The Morgan fingerprint density at radius 3 is 1.00 bits per heavy atom. The van der Waals surface area contributed by atoms with Gasteiger partial charge in [-0.2, -0.15) is 26.3 Å². The molecular formula is C37H58F8O12. The summed E-state index contributed by atoms with van der Waals surface area (Å²) in [5, 5.41) is 0. The molecule has 0 heterocycles. The van der Waals surface area contributed by atoms with Crippen LogP contribution in [-0.4, -0.2) is 120 Å². The van der Waals surface area contributed by atoms with Gasteiger partial charge < -0.3 is 37.9 Å². The van der Waals surface area contributed by atoms with E-state index in [-0.39, 0.29) is 75.2 Å². The maximum absolute atomic E-state index is 12.9. The molecule has 0 spiro atoms. The van der Waals surface area contributed by atoms with Gasteiger partial charge in [-0.05, 0) is 47.5 Å². The van der Waals surface area contributed by atoms with Gasteiger partial charge in [0, 0.05) is 36.3 Å². The second-order valence-corrected chi connectivity index (χ2v) is 11.7. The molecule has 0 aromatic rings. The monoisotopic (exact) mass is 846 g/mol. The molecule has 0 amide bonds. The van der Waals surface area contributed by atoms with E-state index in [2.05, 4.69) is 54.7 Å². The number of alkyl halides is 8. The third-order valence-corrected chi connectivity index (χ3v) is 6.00. The number of esters is 4. The van der Waals surface area contributed by atoms with E-state index in [0.29, 0.717) is 18.8 Å². The Hall–Kier alpha value is -3.88. The highest BCUT2D eigenvalue weighted by Crippen LogP contribution is 2.25. The fraction of sp³-hybridized carbons (Fsp3) is 0.676. The molecule has 0 radical (unpaired) electrons. The molecule has 0 aliphatic heterocycles. The third-order valence-electron chi connectivity index (χ3n) is 6.00. The van der Waals surface area contributed by atoms with Crippen molar-refractivity contribution in [2.24, 2.45) is 0 Å². The van der Waals surface area contributed by atoms with Crippen molar-refractivity contribution >= 4 is 23.9 Å². The summed E-state index contributed by atoms with van der Waals surface area (Å²) in [4.78, 5) is 43.2. The normalized spacial score (nSPS) is 12.6. The maximum atomic E-state index is 12.9. The summed E-state index contributed by atoms with van der Waals surface area (Å²) in [6.45, 7) is 23.8. The molecule has 0 bridgehead atoms. The molecule has 20 heteroatoms. The van der Waals surface area contributed by atoms with Crippen LogP contribution >= 0.6 is 0 Å². The SMILES string of the molecule is C=C(C)C(=O)OCCOC.C=C(C)C(=O)OCCOC(C)C(F)(F)F.C=C(C)C(=O)OCCOC(CC)C(C)(F)F.C=C(C)C(=O)OCCOC(CC)C(F)(F)F. The van der Waals surface area contributed by atoms with Gasteiger partial charge in [-0.3, -0.25) is 0 Å². The first kappa shape index (κ1) is 59.8. The zero-order chi connectivity index (χ0) is 45.6.